The van der Waals surface area contributed by atoms with Crippen LogP contribution in [-0.4, -0.2) is 42.8 Å². The molecule has 0 aliphatic carbocycles. The average molecular weight is 677 g/mol. The van der Waals surface area contributed by atoms with Gasteiger partial charge in [0.05, 0.1) is 22.4 Å². The number of rotatable bonds is 7. The molecule has 8 rings (SSSR count). The molecule has 0 bridgehead atoms. The average Bonchev–Trinajstić information content (AvgIpc) is 3.49. The molecule has 0 N–H and O–H groups in total. The maximum absolute atomic E-state index is 14.7. The van der Waals surface area contributed by atoms with Crippen molar-refractivity contribution >= 4 is 57.3 Å². The Labute approximate surface area is 283 Å². The predicted octanol–water partition coefficient (Wildman–Crippen LogP) is 6.98. The van der Waals surface area contributed by atoms with E-state index in [1.54, 1.807) is 25.7 Å². The molecule has 49 heavy (non-hydrogen) atoms. The van der Waals surface area contributed by atoms with Crippen LogP contribution in [0, 0.1) is 0 Å². The SMILES string of the molecule is CP(=O)(c1cccc(-c2ccccn2)c1)c1ccc2c3ccc(P(C)(=O)c4cccc(-c5ccccn5)c4)cc3n(-c3ncncn3)c2c1. The standard InChI is InChI=1S/C39H30N6O2P2/c1-48(46,29-11-7-9-27(21-29)35-13-3-5-19-41-35)31-15-17-33-34-18-16-32(24-38(34)45(37(33)23-31)39-43-25-40-26-44-39)49(2,47)30-12-8-10-28(22-30)36-14-4-6-20-42-36/h3-26H,1-2H3. The lowest BCUT2D eigenvalue weighted by Gasteiger charge is -2.16. The summed E-state index contributed by atoms with van der Waals surface area (Å²) in [6.45, 7) is 3.60. The molecular formula is C39H30N6O2P2. The Morgan fingerprint density at radius 3 is 1.41 bits per heavy atom. The zero-order valence-corrected chi connectivity index (χ0v) is 28.5. The van der Waals surface area contributed by atoms with Crippen molar-refractivity contribution in [3.05, 3.63) is 146 Å². The molecule has 0 radical (unpaired) electrons. The lowest BCUT2D eigenvalue weighted by molar-refractivity contribution is 0.589. The second kappa shape index (κ2) is 12.2. The van der Waals surface area contributed by atoms with Gasteiger partial charge in [0.15, 0.2) is 0 Å². The van der Waals surface area contributed by atoms with Crippen molar-refractivity contribution < 1.29 is 9.13 Å². The molecule has 0 saturated carbocycles. The minimum atomic E-state index is -3.05. The highest BCUT2D eigenvalue weighted by Crippen LogP contribution is 2.44. The van der Waals surface area contributed by atoms with Crippen LogP contribution in [0.3, 0.4) is 0 Å². The molecule has 0 spiro atoms. The van der Waals surface area contributed by atoms with Crippen LogP contribution in [0.1, 0.15) is 0 Å². The minimum absolute atomic E-state index is 0.412. The Balaban J connectivity index is 1.28. The highest BCUT2D eigenvalue weighted by molar-refractivity contribution is 7.78. The summed E-state index contributed by atoms with van der Waals surface area (Å²) in [6, 6.07) is 38.9. The van der Waals surface area contributed by atoms with Gasteiger partial charge in [0.1, 0.15) is 26.9 Å². The second-order valence-corrected chi connectivity index (χ2v) is 17.8. The van der Waals surface area contributed by atoms with Crippen molar-refractivity contribution in [2.24, 2.45) is 0 Å². The van der Waals surface area contributed by atoms with Gasteiger partial charge in [0, 0.05) is 55.5 Å². The Morgan fingerprint density at radius 1 is 0.490 bits per heavy atom. The normalized spacial score (nSPS) is 14.0. The highest BCUT2D eigenvalue weighted by atomic mass is 31.2. The van der Waals surface area contributed by atoms with E-state index >= 15 is 0 Å². The topological polar surface area (TPSA) is 104 Å². The molecule has 4 aromatic carbocycles. The Kier molecular flexibility index (Phi) is 7.63. The zero-order valence-electron chi connectivity index (χ0n) is 26.8. The summed E-state index contributed by atoms with van der Waals surface area (Å²) in [5.74, 6) is 0.412. The Hall–Kier alpha value is -5.55. The number of hydrogen-bond donors (Lipinski definition) is 0. The number of fused-ring (bicyclic) bond motifs is 3. The van der Waals surface area contributed by atoms with Crippen LogP contribution in [0.4, 0.5) is 0 Å². The maximum atomic E-state index is 14.7. The highest BCUT2D eigenvalue weighted by Gasteiger charge is 2.27. The maximum Gasteiger partial charge on any atom is 0.237 e. The summed E-state index contributed by atoms with van der Waals surface area (Å²) in [5.41, 5.74) is 5.04. The number of aromatic nitrogens is 6. The van der Waals surface area contributed by atoms with Crippen molar-refractivity contribution in [2.45, 2.75) is 0 Å². The summed E-state index contributed by atoms with van der Waals surface area (Å²) in [7, 11) is -6.11. The Morgan fingerprint density at radius 2 is 0.959 bits per heavy atom. The fourth-order valence-corrected chi connectivity index (χ4v) is 9.88. The van der Waals surface area contributed by atoms with Crippen LogP contribution in [0.5, 0.6) is 0 Å². The molecule has 0 aliphatic heterocycles. The van der Waals surface area contributed by atoms with Gasteiger partial charge >= 0.3 is 0 Å². The molecule has 10 heteroatoms. The lowest BCUT2D eigenvalue weighted by Crippen LogP contribution is -2.16. The van der Waals surface area contributed by atoms with Gasteiger partial charge in [-0.15, -0.1) is 0 Å². The van der Waals surface area contributed by atoms with E-state index in [2.05, 4.69) is 24.9 Å². The molecule has 238 valence electrons. The molecule has 2 atom stereocenters. The first-order valence-electron chi connectivity index (χ1n) is 15.7. The van der Waals surface area contributed by atoms with E-state index in [1.165, 1.54) is 12.7 Å². The van der Waals surface area contributed by atoms with Gasteiger partial charge in [-0.3, -0.25) is 14.5 Å². The quantitative estimate of drug-likeness (QED) is 0.168. The molecule has 0 amide bonds. The van der Waals surface area contributed by atoms with Crippen molar-refractivity contribution in [3.63, 3.8) is 0 Å². The summed E-state index contributed by atoms with van der Waals surface area (Å²) >= 11 is 0. The van der Waals surface area contributed by atoms with Crippen LogP contribution in [0.15, 0.2) is 146 Å². The van der Waals surface area contributed by atoms with Gasteiger partial charge < -0.3 is 9.13 Å². The third kappa shape index (κ3) is 5.49. The van der Waals surface area contributed by atoms with Crippen molar-refractivity contribution in [1.82, 2.24) is 29.5 Å². The molecule has 0 saturated heterocycles. The van der Waals surface area contributed by atoms with Gasteiger partial charge in [0.2, 0.25) is 5.95 Å². The van der Waals surface area contributed by atoms with Gasteiger partial charge in [0.25, 0.3) is 0 Å². The van der Waals surface area contributed by atoms with Gasteiger partial charge in [-0.2, -0.15) is 0 Å². The molecule has 8 nitrogen and oxygen atoms in total. The summed E-state index contributed by atoms with van der Waals surface area (Å²) in [5, 5.41) is 4.75. The Bertz CT molecular complexity index is 2430. The van der Waals surface area contributed by atoms with E-state index in [-0.39, 0.29) is 0 Å². The van der Waals surface area contributed by atoms with Crippen LogP contribution >= 0.6 is 14.3 Å². The van der Waals surface area contributed by atoms with Gasteiger partial charge in [-0.1, -0.05) is 72.8 Å². The third-order valence-electron chi connectivity index (χ3n) is 9.00. The zero-order chi connectivity index (χ0) is 33.6. The molecule has 8 aromatic rings. The number of hydrogen-bond acceptors (Lipinski definition) is 7. The van der Waals surface area contributed by atoms with E-state index in [1.807, 2.05) is 126 Å². The largest absolute Gasteiger partial charge is 0.314 e. The summed E-state index contributed by atoms with van der Waals surface area (Å²) in [6.07, 6.45) is 6.41. The number of benzene rings is 4. The molecule has 0 fully saturated rings. The van der Waals surface area contributed by atoms with E-state index in [4.69, 9.17) is 0 Å². The molecule has 0 aliphatic rings. The monoisotopic (exact) mass is 676 g/mol. The van der Waals surface area contributed by atoms with Gasteiger partial charge in [-0.25, -0.2) is 15.0 Å². The first-order valence-corrected chi connectivity index (χ1v) is 20.0. The second-order valence-electron chi connectivity index (χ2n) is 12.1. The van der Waals surface area contributed by atoms with Crippen molar-refractivity contribution in [3.8, 4) is 28.5 Å². The first-order chi connectivity index (χ1) is 23.8. The molecular weight excluding hydrogens is 646 g/mol. The van der Waals surface area contributed by atoms with E-state index in [0.717, 1.165) is 54.9 Å². The minimum Gasteiger partial charge on any atom is -0.314 e. The van der Waals surface area contributed by atoms with Crippen LogP contribution < -0.4 is 21.2 Å². The van der Waals surface area contributed by atoms with Gasteiger partial charge in [-0.05, 0) is 61.9 Å². The van der Waals surface area contributed by atoms with E-state index in [0.29, 0.717) is 16.6 Å². The number of nitrogens with zero attached hydrogens (tertiary/aromatic N) is 6. The smallest absolute Gasteiger partial charge is 0.237 e. The summed E-state index contributed by atoms with van der Waals surface area (Å²) < 4.78 is 31.3. The first kappa shape index (κ1) is 30.8. The molecule has 2 unspecified atom stereocenters. The van der Waals surface area contributed by atoms with Crippen molar-refractivity contribution in [2.75, 3.05) is 13.3 Å². The van der Waals surface area contributed by atoms with Crippen LogP contribution in [0.2, 0.25) is 0 Å². The fourth-order valence-electron chi connectivity index (χ4n) is 6.32. The lowest BCUT2D eigenvalue weighted by atomic mass is 10.1. The van der Waals surface area contributed by atoms with Crippen LogP contribution in [-0.2, 0) is 9.13 Å². The van der Waals surface area contributed by atoms with E-state index in [9.17, 15) is 9.13 Å². The summed E-state index contributed by atoms with van der Waals surface area (Å²) in [4.78, 5) is 22.0. The fraction of sp³-hybridized carbons (Fsp3) is 0.0513. The third-order valence-corrected chi connectivity index (χ3v) is 14.1. The molecule has 4 aromatic heterocycles. The van der Waals surface area contributed by atoms with Crippen molar-refractivity contribution in [1.29, 1.82) is 0 Å². The van der Waals surface area contributed by atoms with Crippen LogP contribution in [0.25, 0.3) is 50.3 Å². The van der Waals surface area contributed by atoms with E-state index < -0.39 is 14.3 Å². The number of pyridine rings is 2. The predicted molar refractivity (Wildman–Crippen MR) is 199 cm³/mol. The molecule has 4 heterocycles.